The Labute approximate surface area is 128 Å². The summed E-state index contributed by atoms with van der Waals surface area (Å²) in [6.45, 7) is 4.85. The van der Waals surface area contributed by atoms with Gasteiger partial charge in [-0.05, 0) is 50.2 Å². The SMILES string of the molecule is CCOc1ccc(OCc2nnc3ccc(N)c(C)n23)cc1. The Morgan fingerprint density at radius 2 is 1.68 bits per heavy atom. The van der Waals surface area contributed by atoms with E-state index in [1.807, 2.05) is 54.6 Å². The van der Waals surface area contributed by atoms with Crippen LogP contribution in [0.3, 0.4) is 0 Å². The first kappa shape index (κ1) is 14.2. The van der Waals surface area contributed by atoms with Gasteiger partial charge in [0.05, 0.1) is 12.3 Å². The first-order valence-electron chi connectivity index (χ1n) is 7.14. The summed E-state index contributed by atoms with van der Waals surface area (Å²) < 4.78 is 13.1. The average molecular weight is 298 g/mol. The summed E-state index contributed by atoms with van der Waals surface area (Å²) in [5.74, 6) is 2.29. The minimum absolute atomic E-state index is 0.319. The first-order valence-corrected chi connectivity index (χ1v) is 7.14. The van der Waals surface area contributed by atoms with Gasteiger partial charge in [-0.3, -0.25) is 4.40 Å². The van der Waals surface area contributed by atoms with Crippen LogP contribution in [0.15, 0.2) is 36.4 Å². The smallest absolute Gasteiger partial charge is 0.175 e. The average Bonchev–Trinajstić information content (AvgIpc) is 2.94. The molecule has 0 aliphatic rings. The molecule has 0 radical (unpaired) electrons. The van der Waals surface area contributed by atoms with Crippen molar-refractivity contribution in [3.05, 3.63) is 47.9 Å². The summed E-state index contributed by atoms with van der Waals surface area (Å²) >= 11 is 0. The van der Waals surface area contributed by atoms with E-state index in [9.17, 15) is 0 Å². The topological polar surface area (TPSA) is 74.7 Å². The van der Waals surface area contributed by atoms with E-state index in [0.717, 1.165) is 22.8 Å². The van der Waals surface area contributed by atoms with Gasteiger partial charge in [0.2, 0.25) is 0 Å². The van der Waals surface area contributed by atoms with Gasteiger partial charge in [-0.15, -0.1) is 10.2 Å². The van der Waals surface area contributed by atoms with E-state index in [0.29, 0.717) is 24.7 Å². The Morgan fingerprint density at radius 3 is 2.36 bits per heavy atom. The van der Waals surface area contributed by atoms with Gasteiger partial charge < -0.3 is 15.2 Å². The molecular weight excluding hydrogens is 280 g/mol. The molecule has 0 saturated heterocycles. The minimum Gasteiger partial charge on any atom is -0.494 e. The number of aryl methyl sites for hydroxylation is 1. The summed E-state index contributed by atoms with van der Waals surface area (Å²) in [5.41, 5.74) is 8.31. The van der Waals surface area contributed by atoms with Crippen molar-refractivity contribution >= 4 is 11.3 Å². The summed E-state index contributed by atoms with van der Waals surface area (Å²) in [7, 11) is 0. The quantitative estimate of drug-likeness (QED) is 0.783. The van der Waals surface area contributed by atoms with Gasteiger partial charge in [0.15, 0.2) is 11.5 Å². The molecule has 3 rings (SSSR count). The van der Waals surface area contributed by atoms with E-state index >= 15 is 0 Å². The second kappa shape index (κ2) is 5.93. The fourth-order valence-electron chi connectivity index (χ4n) is 2.26. The van der Waals surface area contributed by atoms with E-state index in [2.05, 4.69) is 10.2 Å². The van der Waals surface area contributed by atoms with Crippen LogP contribution in [0.2, 0.25) is 0 Å². The lowest BCUT2D eigenvalue weighted by Crippen LogP contribution is -2.05. The van der Waals surface area contributed by atoms with Gasteiger partial charge in [-0.25, -0.2) is 0 Å². The van der Waals surface area contributed by atoms with Crippen LogP contribution in [0, 0.1) is 6.92 Å². The van der Waals surface area contributed by atoms with Crippen LogP contribution in [0.25, 0.3) is 5.65 Å². The van der Waals surface area contributed by atoms with Crippen molar-refractivity contribution in [2.24, 2.45) is 0 Å². The number of nitrogen functional groups attached to an aromatic ring is 1. The predicted molar refractivity (Wildman–Crippen MR) is 84.1 cm³/mol. The van der Waals surface area contributed by atoms with Gasteiger partial charge in [0, 0.05) is 5.69 Å². The number of nitrogens with two attached hydrogens (primary N) is 1. The Hall–Kier alpha value is -2.76. The number of ether oxygens (including phenoxy) is 2. The lowest BCUT2D eigenvalue weighted by molar-refractivity contribution is 0.292. The van der Waals surface area contributed by atoms with Crippen LogP contribution in [0.5, 0.6) is 11.5 Å². The number of hydrogen-bond acceptors (Lipinski definition) is 5. The first-order chi connectivity index (χ1) is 10.7. The van der Waals surface area contributed by atoms with Gasteiger partial charge in [-0.1, -0.05) is 0 Å². The zero-order valence-corrected chi connectivity index (χ0v) is 12.6. The molecule has 0 bridgehead atoms. The summed E-state index contributed by atoms with van der Waals surface area (Å²) in [6, 6.07) is 11.2. The van der Waals surface area contributed by atoms with Gasteiger partial charge in [0.1, 0.15) is 18.1 Å². The maximum atomic E-state index is 5.94. The number of benzene rings is 1. The number of nitrogens with zero attached hydrogens (tertiary/aromatic N) is 3. The number of pyridine rings is 1. The molecule has 0 unspecified atom stereocenters. The third-order valence-electron chi connectivity index (χ3n) is 3.42. The van der Waals surface area contributed by atoms with Gasteiger partial charge in [-0.2, -0.15) is 0 Å². The van der Waals surface area contributed by atoms with Crippen LogP contribution in [-0.2, 0) is 6.61 Å². The van der Waals surface area contributed by atoms with Crippen LogP contribution in [-0.4, -0.2) is 21.2 Å². The minimum atomic E-state index is 0.319. The molecule has 6 heteroatoms. The predicted octanol–water partition coefficient (Wildman–Crippen LogP) is 2.60. The second-order valence-electron chi connectivity index (χ2n) is 4.88. The normalized spacial score (nSPS) is 10.8. The molecule has 2 aromatic heterocycles. The fourth-order valence-corrected chi connectivity index (χ4v) is 2.26. The number of rotatable bonds is 5. The highest BCUT2D eigenvalue weighted by atomic mass is 16.5. The molecule has 114 valence electrons. The molecule has 6 nitrogen and oxygen atoms in total. The molecule has 0 saturated carbocycles. The van der Waals surface area contributed by atoms with Crippen molar-refractivity contribution in [1.82, 2.24) is 14.6 Å². The second-order valence-corrected chi connectivity index (χ2v) is 4.88. The zero-order chi connectivity index (χ0) is 15.5. The van der Waals surface area contributed by atoms with E-state index in [1.54, 1.807) is 0 Å². The molecule has 2 N–H and O–H groups in total. The van der Waals surface area contributed by atoms with Crippen molar-refractivity contribution in [3.8, 4) is 11.5 Å². The Morgan fingerprint density at radius 1 is 1.00 bits per heavy atom. The zero-order valence-electron chi connectivity index (χ0n) is 12.6. The maximum absolute atomic E-state index is 5.94. The standard InChI is InChI=1S/C16H18N4O2/c1-3-21-12-4-6-13(7-5-12)22-10-16-19-18-15-9-8-14(17)11(2)20(15)16/h4-9H,3,10,17H2,1-2H3. The van der Waals surface area contributed by atoms with Crippen LogP contribution in [0.1, 0.15) is 18.4 Å². The highest BCUT2D eigenvalue weighted by Crippen LogP contribution is 2.19. The number of fused-ring (bicyclic) bond motifs is 1. The molecule has 0 spiro atoms. The Kier molecular flexibility index (Phi) is 3.82. The molecular formula is C16H18N4O2. The van der Waals surface area contributed by atoms with Crippen molar-refractivity contribution < 1.29 is 9.47 Å². The van der Waals surface area contributed by atoms with E-state index in [-0.39, 0.29) is 0 Å². The molecule has 0 amide bonds. The highest BCUT2D eigenvalue weighted by molar-refractivity contribution is 5.52. The van der Waals surface area contributed by atoms with Gasteiger partial charge in [0.25, 0.3) is 0 Å². The molecule has 0 aliphatic heterocycles. The van der Waals surface area contributed by atoms with E-state index < -0.39 is 0 Å². The molecule has 1 aromatic carbocycles. The molecule has 0 fully saturated rings. The number of aromatic nitrogens is 3. The molecule has 22 heavy (non-hydrogen) atoms. The fraction of sp³-hybridized carbons (Fsp3) is 0.250. The molecule has 0 atom stereocenters. The Balaban J connectivity index is 1.78. The third-order valence-corrected chi connectivity index (χ3v) is 3.42. The van der Waals surface area contributed by atoms with E-state index in [4.69, 9.17) is 15.2 Å². The molecule has 0 aliphatic carbocycles. The monoisotopic (exact) mass is 298 g/mol. The number of anilines is 1. The van der Waals surface area contributed by atoms with E-state index in [1.165, 1.54) is 0 Å². The van der Waals surface area contributed by atoms with Crippen molar-refractivity contribution in [2.75, 3.05) is 12.3 Å². The van der Waals surface area contributed by atoms with Crippen molar-refractivity contribution in [3.63, 3.8) is 0 Å². The lowest BCUT2D eigenvalue weighted by atomic mass is 10.3. The van der Waals surface area contributed by atoms with Crippen LogP contribution < -0.4 is 15.2 Å². The summed E-state index contributed by atoms with van der Waals surface area (Å²) in [5, 5.41) is 8.30. The van der Waals surface area contributed by atoms with Crippen LogP contribution in [0.4, 0.5) is 5.69 Å². The third kappa shape index (κ3) is 2.67. The summed E-state index contributed by atoms with van der Waals surface area (Å²) in [4.78, 5) is 0. The largest absolute Gasteiger partial charge is 0.494 e. The van der Waals surface area contributed by atoms with Gasteiger partial charge >= 0.3 is 0 Å². The molecule has 3 aromatic rings. The molecule has 2 heterocycles. The van der Waals surface area contributed by atoms with Crippen molar-refractivity contribution in [1.29, 1.82) is 0 Å². The summed E-state index contributed by atoms with van der Waals surface area (Å²) in [6.07, 6.45) is 0. The van der Waals surface area contributed by atoms with Crippen LogP contribution >= 0.6 is 0 Å². The maximum Gasteiger partial charge on any atom is 0.175 e. The highest BCUT2D eigenvalue weighted by Gasteiger charge is 2.10. The Bertz CT molecular complexity index is 781. The lowest BCUT2D eigenvalue weighted by Gasteiger charge is -2.09. The number of hydrogen-bond donors (Lipinski definition) is 1. The van der Waals surface area contributed by atoms with Crippen molar-refractivity contribution in [2.45, 2.75) is 20.5 Å².